The van der Waals surface area contributed by atoms with Gasteiger partial charge in [0, 0.05) is 17.2 Å². The van der Waals surface area contributed by atoms with Crippen LogP contribution < -0.4 is 4.74 Å². The minimum Gasteiger partial charge on any atom is -0.494 e. The van der Waals surface area contributed by atoms with Gasteiger partial charge >= 0.3 is 0 Å². The van der Waals surface area contributed by atoms with Gasteiger partial charge in [-0.25, -0.2) is 13.2 Å². The standard InChI is InChI=1S/C30H31F3O/c1-3-20-5-10-23(11-6-20)27-17-15-24(29(32)30(27)33)14-9-21-7-12-22(13-8-21)26-18-16-25(34-4-2)19-28(26)31/h7-9,12-20,23H,3-6,10-11H2,1-2H3/b14-9+. The van der Waals surface area contributed by atoms with E-state index in [0.717, 1.165) is 43.2 Å². The minimum atomic E-state index is -0.792. The second-order valence-electron chi connectivity index (χ2n) is 9.03. The molecular weight excluding hydrogens is 433 g/mol. The summed E-state index contributed by atoms with van der Waals surface area (Å²) in [5, 5.41) is 0. The molecule has 0 amide bonds. The molecule has 0 saturated heterocycles. The average Bonchev–Trinajstić information content (AvgIpc) is 2.86. The fourth-order valence-electron chi connectivity index (χ4n) is 4.85. The highest BCUT2D eigenvalue weighted by atomic mass is 19.2. The zero-order chi connectivity index (χ0) is 24.1. The fourth-order valence-corrected chi connectivity index (χ4v) is 4.85. The van der Waals surface area contributed by atoms with Crippen molar-refractivity contribution in [3.05, 3.63) is 88.7 Å². The number of ether oxygens (including phenoxy) is 1. The van der Waals surface area contributed by atoms with Crippen LogP contribution in [0.4, 0.5) is 13.2 Å². The van der Waals surface area contributed by atoms with Crippen LogP contribution in [0.25, 0.3) is 23.3 Å². The second-order valence-corrected chi connectivity index (χ2v) is 9.03. The molecule has 0 aromatic heterocycles. The van der Waals surface area contributed by atoms with Crippen LogP contribution in [0.5, 0.6) is 5.75 Å². The predicted molar refractivity (Wildman–Crippen MR) is 133 cm³/mol. The normalized spacial score (nSPS) is 18.4. The second kappa shape index (κ2) is 10.9. The van der Waals surface area contributed by atoms with Gasteiger partial charge in [-0.3, -0.25) is 0 Å². The Bertz CT molecular complexity index is 1140. The molecule has 1 fully saturated rings. The molecule has 1 aliphatic rings. The first-order valence-corrected chi connectivity index (χ1v) is 12.2. The molecular formula is C30H31F3O. The zero-order valence-electron chi connectivity index (χ0n) is 19.8. The molecule has 178 valence electrons. The number of hydrogen-bond acceptors (Lipinski definition) is 1. The van der Waals surface area contributed by atoms with Crippen LogP contribution in [-0.4, -0.2) is 6.61 Å². The number of hydrogen-bond donors (Lipinski definition) is 0. The van der Waals surface area contributed by atoms with Crippen molar-refractivity contribution < 1.29 is 17.9 Å². The molecule has 0 bridgehead atoms. The van der Waals surface area contributed by atoms with Gasteiger partial charge in [0.05, 0.1) is 6.61 Å². The average molecular weight is 465 g/mol. The van der Waals surface area contributed by atoms with Crippen LogP contribution in [0.2, 0.25) is 0 Å². The van der Waals surface area contributed by atoms with E-state index in [9.17, 15) is 13.2 Å². The maximum Gasteiger partial charge on any atom is 0.166 e. The molecule has 1 saturated carbocycles. The van der Waals surface area contributed by atoms with Crippen LogP contribution in [-0.2, 0) is 0 Å². The number of halogens is 3. The van der Waals surface area contributed by atoms with Gasteiger partial charge in [0.15, 0.2) is 11.6 Å². The van der Waals surface area contributed by atoms with Crippen molar-refractivity contribution in [3.63, 3.8) is 0 Å². The zero-order valence-corrected chi connectivity index (χ0v) is 19.8. The summed E-state index contributed by atoms with van der Waals surface area (Å²) in [5.41, 5.74) is 2.76. The van der Waals surface area contributed by atoms with E-state index in [0.29, 0.717) is 29.4 Å². The van der Waals surface area contributed by atoms with Crippen molar-refractivity contribution >= 4 is 12.2 Å². The third-order valence-corrected chi connectivity index (χ3v) is 6.93. The predicted octanol–water partition coefficient (Wildman–Crippen LogP) is 9.02. The third-order valence-electron chi connectivity index (χ3n) is 6.93. The van der Waals surface area contributed by atoms with E-state index in [1.165, 1.54) is 6.07 Å². The summed E-state index contributed by atoms with van der Waals surface area (Å²) in [5.74, 6) is -0.551. The van der Waals surface area contributed by atoms with E-state index in [1.54, 1.807) is 36.4 Å². The molecule has 0 radical (unpaired) electrons. The van der Waals surface area contributed by atoms with E-state index in [1.807, 2.05) is 31.2 Å². The third kappa shape index (κ3) is 5.38. The molecule has 3 aromatic rings. The lowest BCUT2D eigenvalue weighted by molar-refractivity contribution is 0.312. The van der Waals surface area contributed by atoms with Gasteiger partial charge < -0.3 is 4.74 Å². The molecule has 3 aromatic carbocycles. The summed E-state index contributed by atoms with van der Waals surface area (Å²) in [6.07, 6.45) is 8.49. The van der Waals surface area contributed by atoms with Crippen molar-refractivity contribution in [2.24, 2.45) is 5.92 Å². The topological polar surface area (TPSA) is 9.23 Å². The Morgan fingerprint density at radius 2 is 1.56 bits per heavy atom. The van der Waals surface area contributed by atoms with E-state index >= 15 is 0 Å². The van der Waals surface area contributed by atoms with E-state index in [-0.39, 0.29) is 17.3 Å². The quantitative estimate of drug-likeness (QED) is 0.317. The van der Waals surface area contributed by atoms with E-state index < -0.39 is 11.6 Å². The lowest BCUT2D eigenvalue weighted by Gasteiger charge is -2.28. The Labute approximate surface area is 200 Å². The summed E-state index contributed by atoms with van der Waals surface area (Å²) in [7, 11) is 0. The van der Waals surface area contributed by atoms with Crippen molar-refractivity contribution in [3.8, 4) is 16.9 Å². The summed E-state index contributed by atoms with van der Waals surface area (Å²) in [4.78, 5) is 0. The Balaban J connectivity index is 1.47. The van der Waals surface area contributed by atoms with Crippen LogP contribution in [0.1, 0.15) is 68.6 Å². The Morgan fingerprint density at radius 1 is 0.824 bits per heavy atom. The largest absolute Gasteiger partial charge is 0.494 e. The van der Waals surface area contributed by atoms with Gasteiger partial charge in [0.2, 0.25) is 0 Å². The molecule has 1 nitrogen and oxygen atoms in total. The number of benzene rings is 3. The van der Waals surface area contributed by atoms with Gasteiger partial charge in [-0.1, -0.05) is 61.9 Å². The van der Waals surface area contributed by atoms with Gasteiger partial charge in [-0.15, -0.1) is 0 Å². The molecule has 0 aliphatic heterocycles. The van der Waals surface area contributed by atoms with Crippen LogP contribution in [0, 0.1) is 23.4 Å². The monoisotopic (exact) mass is 464 g/mol. The molecule has 0 heterocycles. The van der Waals surface area contributed by atoms with Crippen molar-refractivity contribution in [1.29, 1.82) is 0 Å². The fraction of sp³-hybridized carbons (Fsp3) is 0.333. The first-order valence-electron chi connectivity index (χ1n) is 12.2. The highest BCUT2D eigenvalue weighted by molar-refractivity contribution is 5.73. The Morgan fingerprint density at radius 3 is 2.21 bits per heavy atom. The van der Waals surface area contributed by atoms with Crippen LogP contribution >= 0.6 is 0 Å². The van der Waals surface area contributed by atoms with Crippen molar-refractivity contribution in [2.45, 2.75) is 51.9 Å². The van der Waals surface area contributed by atoms with Crippen molar-refractivity contribution in [1.82, 2.24) is 0 Å². The molecule has 4 rings (SSSR count). The summed E-state index contributed by atoms with van der Waals surface area (Å²) in [6.45, 7) is 4.52. The summed E-state index contributed by atoms with van der Waals surface area (Å²) >= 11 is 0. The van der Waals surface area contributed by atoms with Gasteiger partial charge in [-0.2, -0.15) is 0 Å². The first-order chi connectivity index (χ1) is 16.5. The summed E-state index contributed by atoms with van der Waals surface area (Å²) in [6, 6.07) is 15.5. The lowest BCUT2D eigenvalue weighted by Crippen LogP contribution is -2.14. The van der Waals surface area contributed by atoms with Gasteiger partial charge in [-0.05, 0) is 73.3 Å². The van der Waals surface area contributed by atoms with Gasteiger partial charge in [0.1, 0.15) is 11.6 Å². The highest BCUT2D eigenvalue weighted by Gasteiger charge is 2.25. The Hall–Kier alpha value is -3.01. The smallest absolute Gasteiger partial charge is 0.166 e. The molecule has 1 aliphatic carbocycles. The molecule has 34 heavy (non-hydrogen) atoms. The maximum atomic E-state index is 14.9. The van der Waals surface area contributed by atoms with Crippen LogP contribution in [0.15, 0.2) is 54.6 Å². The summed E-state index contributed by atoms with van der Waals surface area (Å²) < 4.78 is 49.4. The maximum absolute atomic E-state index is 14.9. The van der Waals surface area contributed by atoms with Crippen LogP contribution in [0.3, 0.4) is 0 Å². The Kier molecular flexibility index (Phi) is 7.77. The molecule has 4 heteroatoms. The van der Waals surface area contributed by atoms with Gasteiger partial charge in [0.25, 0.3) is 0 Å². The number of rotatable bonds is 7. The molecule has 0 unspecified atom stereocenters. The SMILES string of the molecule is CCOc1ccc(-c2ccc(/C=C/c3ccc(C4CCC(CC)CC4)c(F)c3F)cc2)c(F)c1. The molecule has 0 spiro atoms. The minimum absolute atomic E-state index is 0.103. The highest BCUT2D eigenvalue weighted by Crippen LogP contribution is 2.38. The first kappa shape index (κ1) is 24.1. The lowest BCUT2D eigenvalue weighted by atomic mass is 9.77. The molecule has 0 N–H and O–H groups in total. The van der Waals surface area contributed by atoms with Crippen molar-refractivity contribution in [2.75, 3.05) is 6.61 Å². The van der Waals surface area contributed by atoms with E-state index in [2.05, 4.69) is 6.92 Å². The van der Waals surface area contributed by atoms with E-state index in [4.69, 9.17) is 4.74 Å². The molecule has 0 atom stereocenters.